The van der Waals surface area contributed by atoms with Crippen molar-refractivity contribution in [2.45, 2.75) is 46.1 Å². The van der Waals surface area contributed by atoms with Crippen LogP contribution in [0.25, 0.3) is 0 Å². The van der Waals surface area contributed by atoms with Gasteiger partial charge in [-0.25, -0.2) is 9.79 Å². The molecule has 2 atom stereocenters. The smallest absolute Gasteiger partial charge is 0.211 e. The van der Waals surface area contributed by atoms with E-state index in [-0.39, 0.29) is 16.9 Å². The Kier molecular flexibility index (Phi) is 4.03. The van der Waals surface area contributed by atoms with E-state index in [0.29, 0.717) is 6.54 Å². The largest absolute Gasteiger partial charge is 0.424 e. The fourth-order valence-electron chi connectivity index (χ4n) is 3.27. The van der Waals surface area contributed by atoms with Crippen molar-refractivity contribution < 1.29 is 14.2 Å². The lowest BCUT2D eigenvalue weighted by Gasteiger charge is -2.43. The number of isocyanates is 2. The van der Waals surface area contributed by atoms with Gasteiger partial charge in [0.05, 0.1) is 6.54 Å². The van der Waals surface area contributed by atoms with Crippen LogP contribution in [0.5, 0.6) is 0 Å². The standard InChI is InChI=1S/C13H21N2O2/c1-12(2)5-11(15(4)10-17)6-13(3,7-12)8-14-9-16/h11H,5-8H2,1-4H3/q+1. The van der Waals surface area contributed by atoms with E-state index in [2.05, 4.69) is 25.8 Å². The van der Waals surface area contributed by atoms with Crippen LogP contribution < -0.4 is 0 Å². The van der Waals surface area contributed by atoms with Crippen molar-refractivity contribution in [1.82, 2.24) is 0 Å². The predicted octanol–water partition coefficient (Wildman–Crippen LogP) is 1.89. The van der Waals surface area contributed by atoms with Crippen molar-refractivity contribution in [2.75, 3.05) is 13.6 Å². The van der Waals surface area contributed by atoms with Crippen LogP contribution in [-0.4, -0.2) is 36.4 Å². The third-order valence-corrected chi connectivity index (χ3v) is 3.64. The van der Waals surface area contributed by atoms with Gasteiger partial charge < -0.3 is 0 Å². The Hall–Kier alpha value is -1.24. The van der Waals surface area contributed by atoms with E-state index in [4.69, 9.17) is 0 Å². The fraction of sp³-hybridized carbons (Fsp3) is 0.846. The Labute approximate surface area is 102 Å². The minimum Gasteiger partial charge on any atom is -0.211 e. The second-order valence-electron chi connectivity index (χ2n) is 6.32. The summed E-state index contributed by atoms with van der Waals surface area (Å²) in [5, 5.41) is 0. The molecule has 0 spiro atoms. The second-order valence-corrected chi connectivity index (χ2v) is 6.32. The molecule has 0 aromatic heterocycles. The summed E-state index contributed by atoms with van der Waals surface area (Å²) in [5.41, 5.74) is 0.121. The Morgan fingerprint density at radius 1 is 1.29 bits per heavy atom. The average Bonchev–Trinajstić information content (AvgIpc) is 2.22. The van der Waals surface area contributed by atoms with E-state index in [0.717, 1.165) is 19.3 Å². The van der Waals surface area contributed by atoms with Crippen LogP contribution in [0.4, 0.5) is 0 Å². The quantitative estimate of drug-likeness (QED) is 0.427. The molecule has 0 amide bonds. The van der Waals surface area contributed by atoms with E-state index < -0.39 is 0 Å². The lowest BCUT2D eigenvalue weighted by atomic mass is 9.62. The average molecular weight is 237 g/mol. The molecule has 4 nitrogen and oxygen atoms in total. The SMILES string of the molecule is C[N+](=C=O)C1CC(C)(C)CC(C)(CN=C=O)C1. The summed E-state index contributed by atoms with van der Waals surface area (Å²) in [6.07, 6.45) is 6.40. The summed E-state index contributed by atoms with van der Waals surface area (Å²) < 4.78 is 1.61. The number of aliphatic imine (C=N–C) groups is 1. The van der Waals surface area contributed by atoms with Crippen LogP contribution >= 0.6 is 0 Å². The molecule has 1 aliphatic carbocycles. The highest BCUT2D eigenvalue weighted by Crippen LogP contribution is 2.46. The summed E-state index contributed by atoms with van der Waals surface area (Å²) in [6, 6.07) is 0.183. The summed E-state index contributed by atoms with van der Waals surface area (Å²) in [6.45, 7) is 7.00. The van der Waals surface area contributed by atoms with Crippen molar-refractivity contribution in [3.05, 3.63) is 0 Å². The third kappa shape index (κ3) is 3.62. The van der Waals surface area contributed by atoms with Gasteiger partial charge in [-0.15, -0.1) is 0 Å². The fourth-order valence-corrected chi connectivity index (χ4v) is 3.27. The first-order chi connectivity index (χ1) is 7.82. The maximum atomic E-state index is 10.8. The van der Waals surface area contributed by atoms with Crippen molar-refractivity contribution >= 4 is 12.2 Å². The zero-order valence-corrected chi connectivity index (χ0v) is 11.1. The van der Waals surface area contributed by atoms with Crippen LogP contribution in [-0.2, 0) is 9.59 Å². The molecule has 0 bridgehead atoms. The maximum absolute atomic E-state index is 10.8. The predicted molar refractivity (Wildman–Crippen MR) is 64.4 cm³/mol. The maximum Gasteiger partial charge on any atom is 0.424 e. The lowest BCUT2D eigenvalue weighted by Crippen LogP contribution is -2.43. The first-order valence-corrected chi connectivity index (χ1v) is 5.96. The molecule has 1 saturated carbocycles. The Bertz CT molecular complexity index is 390. The molecule has 0 aromatic carbocycles. The van der Waals surface area contributed by atoms with E-state index >= 15 is 0 Å². The van der Waals surface area contributed by atoms with Gasteiger partial charge in [0.1, 0.15) is 7.05 Å². The van der Waals surface area contributed by atoms with Gasteiger partial charge in [-0.2, -0.15) is 9.37 Å². The van der Waals surface area contributed by atoms with Crippen molar-refractivity contribution in [1.29, 1.82) is 0 Å². The number of rotatable bonds is 3. The van der Waals surface area contributed by atoms with Gasteiger partial charge in [0.15, 0.2) is 6.04 Å². The van der Waals surface area contributed by atoms with Gasteiger partial charge in [-0.1, -0.05) is 20.8 Å². The van der Waals surface area contributed by atoms with Crippen LogP contribution in [0.2, 0.25) is 0 Å². The molecule has 0 N–H and O–H groups in total. The number of hydrogen-bond acceptors (Lipinski definition) is 3. The van der Waals surface area contributed by atoms with Crippen LogP contribution in [0, 0.1) is 10.8 Å². The summed E-state index contributed by atoms with van der Waals surface area (Å²) in [5.74, 6) is 0. The molecule has 17 heavy (non-hydrogen) atoms. The molecule has 1 aliphatic rings. The van der Waals surface area contributed by atoms with E-state index in [9.17, 15) is 9.59 Å². The molecule has 0 heterocycles. The minimum atomic E-state index is -0.0328. The molecule has 0 saturated heterocycles. The molecular formula is C13H21N2O2+. The number of carbonyl (C=O) groups excluding carboxylic acids is 2. The number of nitrogens with zero attached hydrogens (tertiary/aromatic N) is 2. The van der Waals surface area contributed by atoms with Crippen LogP contribution in [0.15, 0.2) is 4.99 Å². The van der Waals surface area contributed by atoms with Crippen LogP contribution in [0.1, 0.15) is 40.0 Å². The first-order valence-electron chi connectivity index (χ1n) is 5.96. The van der Waals surface area contributed by atoms with Gasteiger partial charge in [0.25, 0.3) is 0 Å². The molecule has 0 radical (unpaired) electrons. The second kappa shape index (κ2) is 4.95. The Morgan fingerprint density at radius 3 is 2.47 bits per heavy atom. The summed E-state index contributed by atoms with van der Waals surface area (Å²) in [4.78, 5) is 24.7. The Morgan fingerprint density at radius 2 is 1.94 bits per heavy atom. The van der Waals surface area contributed by atoms with Crippen molar-refractivity contribution in [3.8, 4) is 0 Å². The molecule has 94 valence electrons. The lowest BCUT2D eigenvalue weighted by molar-refractivity contribution is -0.546. The van der Waals surface area contributed by atoms with E-state index in [1.165, 1.54) is 0 Å². The van der Waals surface area contributed by atoms with Gasteiger partial charge in [0, 0.05) is 12.8 Å². The molecule has 1 rings (SSSR count). The minimum absolute atomic E-state index is 0.0328. The summed E-state index contributed by atoms with van der Waals surface area (Å²) >= 11 is 0. The summed E-state index contributed by atoms with van der Waals surface area (Å²) in [7, 11) is 1.77. The topological polar surface area (TPSA) is 49.5 Å². The van der Waals surface area contributed by atoms with Gasteiger partial charge >= 0.3 is 6.08 Å². The number of hydrogen-bond donors (Lipinski definition) is 0. The van der Waals surface area contributed by atoms with Crippen LogP contribution in [0.3, 0.4) is 0 Å². The Balaban J connectivity index is 2.94. The molecule has 4 heteroatoms. The van der Waals surface area contributed by atoms with Crippen molar-refractivity contribution in [3.63, 3.8) is 0 Å². The third-order valence-electron chi connectivity index (χ3n) is 3.64. The van der Waals surface area contributed by atoms with Gasteiger partial charge in [-0.05, 0) is 17.3 Å². The highest BCUT2D eigenvalue weighted by molar-refractivity contribution is 5.33. The molecule has 2 unspecified atom stereocenters. The highest BCUT2D eigenvalue weighted by atomic mass is 16.1. The van der Waals surface area contributed by atoms with Gasteiger partial charge in [0.2, 0.25) is 6.08 Å². The monoisotopic (exact) mass is 237 g/mol. The highest BCUT2D eigenvalue weighted by Gasteiger charge is 2.45. The normalized spacial score (nSPS) is 31.2. The van der Waals surface area contributed by atoms with E-state index in [1.54, 1.807) is 17.7 Å². The van der Waals surface area contributed by atoms with E-state index in [1.807, 2.05) is 6.08 Å². The molecular weight excluding hydrogens is 216 g/mol. The van der Waals surface area contributed by atoms with Gasteiger partial charge in [-0.3, -0.25) is 0 Å². The zero-order chi connectivity index (χ0) is 13.1. The molecule has 1 fully saturated rings. The molecule has 0 aliphatic heterocycles. The first kappa shape index (κ1) is 13.8. The zero-order valence-electron chi connectivity index (χ0n) is 11.1. The molecule has 0 aromatic rings. The van der Waals surface area contributed by atoms with Crippen molar-refractivity contribution in [2.24, 2.45) is 15.8 Å².